The number of fused-ring (bicyclic) bond motifs is 1. The van der Waals surface area contributed by atoms with Gasteiger partial charge in [0.2, 0.25) is 0 Å². The number of hydrogen-bond acceptors (Lipinski definition) is 5. The molecule has 5 nitrogen and oxygen atoms in total. The Balaban J connectivity index is 1.83. The van der Waals surface area contributed by atoms with Crippen LogP contribution in [0.1, 0.15) is 16.7 Å². The van der Waals surface area contributed by atoms with Crippen LogP contribution < -0.4 is 5.32 Å². The molecule has 0 aliphatic heterocycles. The number of benzene rings is 2. The van der Waals surface area contributed by atoms with Gasteiger partial charge in [-0.25, -0.2) is 9.97 Å². The van der Waals surface area contributed by atoms with E-state index in [1.54, 1.807) is 6.07 Å². The zero-order valence-corrected chi connectivity index (χ0v) is 17.4. The molecule has 2 heterocycles. The number of aliphatic imine (C=N–C) groups is 1. The number of rotatable bonds is 4. The molecule has 0 saturated heterocycles. The minimum atomic E-state index is -4.62. The number of nitrogens with one attached hydrogen (secondary N) is 1. The van der Waals surface area contributed by atoms with Crippen molar-refractivity contribution in [2.24, 2.45) is 4.99 Å². The van der Waals surface area contributed by atoms with E-state index in [1.165, 1.54) is 50.1 Å². The van der Waals surface area contributed by atoms with Crippen molar-refractivity contribution in [1.29, 1.82) is 0 Å². The lowest BCUT2D eigenvalue weighted by molar-refractivity contribution is -0.138. The molecule has 11 heteroatoms. The molecule has 0 radical (unpaired) electrons. The monoisotopic (exact) mass is 475 g/mol. The van der Waals surface area contributed by atoms with E-state index in [1.807, 2.05) is 0 Å². The van der Waals surface area contributed by atoms with Gasteiger partial charge in [-0.3, -0.25) is 9.98 Å². The summed E-state index contributed by atoms with van der Waals surface area (Å²) in [6, 6.07) is 9.51. The molecule has 0 unspecified atom stereocenters. The maximum atomic E-state index is 13.6. The molecule has 2 aromatic heterocycles. The van der Waals surface area contributed by atoms with Gasteiger partial charge in [-0.15, -0.1) is 0 Å². The Hall–Kier alpha value is -4.02. The Morgan fingerprint density at radius 2 is 1.62 bits per heavy atom. The molecule has 4 aromatic rings. The van der Waals surface area contributed by atoms with E-state index in [4.69, 9.17) is 0 Å². The summed E-state index contributed by atoms with van der Waals surface area (Å²) in [7, 11) is 1.47. The van der Waals surface area contributed by atoms with Crippen LogP contribution in [0.4, 0.5) is 37.8 Å². The highest BCUT2D eigenvalue weighted by molar-refractivity contribution is 6.01. The van der Waals surface area contributed by atoms with E-state index in [-0.39, 0.29) is 17.1 Å². The molecule has 2 aromatic carbocycles. The second-order valence-electron chi connectivity index (χ2n) is 7.16. The van der Waals surface area contributed by atoms with E-state index in [9.17, 15) is 26.3 Å². The van der Waals surface area contributed by atoms with Gasteiger partial charge in [-0.2, -0.15) is 26.3 Å². The minimum absolute atomic E-state index is 0.171. The fourth-order valence-corrected chi connectivity index (χ4v) is 3.40. The normalized spacial score (nSPS) is 12.4. The van der Waals surface area contributed by atoms with Crippen molar-refractivity contribution in [2.75, 3.05) is 12.4 Å². The first kappa shape index (κ1) is 23.1. The Bertz CT molecular complexity index is 1360. The standard InChI is InChI=1S/C23H15F6N5/c1-30-11-13-9-17-19(10-16(13)20-18(23(27,28)29)3-2-8-31-20)32-12-33-21(17)34-15-6-4-14(5-7-15)22(24,25)26/h2-12H,1H3,(H,32,33,34). The predicted octanol–water partition coefficient (Wildman–Crippen LogP) is 6.52. The molecule has 1 N–H and O–H groups in total. The Morgan fingerprint density at radius 1 is 0.882 bits per heavy atom. The predicted molar refractivity (Wildman–Crippen MR) is 116 cm³/mol. The van der Waals surface area contributed by atoms with Gasteiger partial charge in [0.05, 0.1) is 22.3 Å². The zero-order valence-electron chi connectivity index (χ0n) is 17.4. The maximum Gasteiger partial charge on any atom is 0.418 e. The number of anilines is 2. The molecule has 0 bridgehead atoms. The van der Waals surface area contributed by atoms with Crippen LogP contribution in [0.5, 0.6) is 0 Å². The molecule has 0 aliphatic rings. The number of nitrogens with zero attached hydrogens (tertiary/aromatic N) is 4. The topological polar surface area (TPSA) is 63.1 Å². The third kappa shape index (κ3) is 4.68. The van der Waals surface area contributed by atoms with Crippen LogP contribution in [-0.4, -0.2) is 28.2 Å². The molecule has 0 spiro atoms. The fourth-order valence-electron chi connectivity index (χ4n) is 3.40. The van der Waals surface area contributed by atoms with Gasteiger partial charge in [0.25, 0.3) is 0 Å². The summed E-state index contributed by atoms with van der Waals surface area (Å²) >= 11 is 0. The molecule has 174 valence electrons. The van der Waals surface area contributed by atoms with Gasteiger partial charge in [0.1, 0.15) is 12.1 Å². The van der Waals surface area contributed by atoms with Crippen LogP contribution >= 0.6 is 0 Å². The van der Waals surface area contributed by atoms with Gasteiger partial charge in [-0.1, -0.05) is 0 Å². The SMILES string of the molecule is CN=Cc1cc2c(Nc3ccc(C(F)(F)F)cc3)ncnc2cc1-c1ncccc1C(F)(F)F. The second kappa shape index (κ2) is 8.73. The zero-order chi connectivity index (χ0) is 24.5. The molecule has 0 atom stereocenters. The van der Waals surface area contributed by atoms with E-state index in [0.29, 0.717) is 22.2 Å². The van der Waals surface area contributed by atoms with Crippen molar-refractivity contribution >= 4 is 28.6 Å². The highest BCUT2D eigenvalue weighted by Gasteiger charge is 2.35. The van der Waals surface area contributed by atoms with Crippen LogP contribution in [0.25, 0.3) is 22.2 Å². The van der Waals surface area contributed by atoms with Crippen molar-refractivity contribution in [3.63, 3.8) is 0 Å². The first-order chi connectivity index (χ1) is 16.1. The lowest BCUT2D eigenvalue weighted by Crippen LogP contribution is -2.09. The summed E-state index contributed by atoms with van der Waals surface area (Å²) in [5.41, 5.74) is -0.819. The lowest BCUT2D eigenvalue weighted by Gasteiger charge is -2.15. The summed E-state index contributed by atoms with van der Waals surface area (Å²) in [5.74, 6) is 0.263. The van der Waals surface area contributed by atoms with Crippen molar-refractivity contribution in [2.45, 2.75) is 12.4 Å². The van der Waals surface area contributed by atoms with Gasteiger partial charge in [-0.05, 0) is 48.5 Å². The van der Waals surface area contributed by atoms with Crippen molar-refractivity contribution in [3.8, 4) is 11.3 Å². The molecular formula is C23H15F6N5. The van der Waals surface area contributed by atoms with E-state index >= 15 is 0 Å². The van der Waals surface area contributed by atoms with Gasteiger partial charge < -0.3 is 5.32 Å². The molecule has 0 fully saturated rings. The fraction of sp³-hybridized carbons (Fsp3) is 0.130. The number of aromatic nitrogens is 3. The van der Waals surface area contributed by atoms with Gasteiger partial charge in [0.15, 0.2) is 0 Å². The van der Waals surface area contributed by atoms with Gasteiger partial charge in [0, 0.05) is 41.7 Å². The van der Waals surface area contributed by atoms with E-state index < -0.39 is 23.5 Å². The first-order valence-electron chi connectivity index (χ1n) is 9.75. The number of pyridine rings is 1. The highest BCUT2D eigenvalue weighted by atomic mass is 19.4. The third-order valence-electron chi connectivity index (χ3n) is 4.92. The first-order valence-corrected chi connectivity index (χ1v) is 9.75. The molecule has 0 amide bonds. The largest absolute Gasteiger partial charge is 0.418 e. The van der Waals surface area contributed by atoms with Crippen LogP contribution in [0.15, 0.2) is 66.0 Å². The average Bonchev–Trinajstić information content (AvgIpc) is 2.78. The minimum Gasteiger partial charge on any atom is -0.340 e. The highest BCUT2D eigenvalue weighted by Crippen LogP contribution is 2.38. The van der Waals surface area contributed by atoms with Crippen LogP contribution in [0.2, 0.25) is 0 Å². The molecule has 34 heavy (non-hydrogen) atoms. The van der Waals surface area contributed by atoms with E-state index in [0.717, 1.165) is 18.2 Å². The second-order valence-corrected chi connectivity index (χ2v) is 7.16. The lowest BCUT2D eigenvalue weighted by atomic mass is 9.98. The molecular weight excluding hydrogens is 460 g/mol. The van der Waals surface area contributed by atoms with Crippen molar-refractivity contribution < 1.29 is 26.3 Å². The summed E-state index contributed by atoms with van der Waals surface area (Å²) in [5, 5.41) is 3.37. The molecule has 0 aliphatic carbocycles. The van der Waals surface area contributed by atoms with Crippen LogP contribution in [-0.2, 0) is 12.4 Å². The van der Waals surface area contributed by atoms with Crippen molar-refractivity contribution in [3.05, 3.63) is 77.7 Å². The van der Waals surface area contributed by atoms with Crippen LogP contribution in [0, 0.1) is 0 Å². The molecule has 0 saturated carbocycles. The third-order valence-corrected chi connectivity index (χ3v) is 4.92. The Labute approximate surface area is 189 Å². The Kier molecular flexibility index (Phi) is 5.94. The van der Waals surface area contributed by atoms with Gasteiger partial charge >= 0.3 is 12.4 Å². The average molecular weight is 475 g/mol. The summed E-state index contributed by atoms with van der Waals surface area (Å²) in [6.45, 7) is 0. The quantitative estimate of drug-likeness (QED) is 0.270. The Morgan fingerprint density at radius 3 is 2.26 bits per heavy atom. The number of alkyl halides is 6. The maximum absolute atomic E-state index is 13.6. The number of hydrogen-bond donors (Lipinski definition) is 1. The number of halogens is 6. The smallest absolute Gasteiger partial charge is 0.340 e. The van der Waals surface area contributed by atoms with Crippen LogP contribution in [0.3, 0.4) is 0 Å². The molecule has 4 rings (SSSR count). The van der Waals surface area contributed by atoms with E-state index in [2.05, 4.69) is 25.3 Å². The summed E-state index contributed by atoms with van der Waals surface area (Å²) in [6.07, 6.45) is -5.24. The van der Waals surface area contributed by atoms with Crippen molar-refractivity contribution in [1.82, 2.24) is 15.0 Å². The summed E-state index contributed by atoms with van der Waals surface area (Å²) in [4.78, 5) is 16.2. The summed E-state index contributed by atoms with van der Waals surface area (Å²) < 4.78 is 79.3.